The maximum Gasteiger partial charge on any atom is 0.391 e. The van der Waals surface area contributed by atoms with Gasteiger partial charge in [-0.1, -0.05) is 0 Å². The molecule has 1 heterocycles. The number of rotatable bonds is 1. The Morgan fingerprint density at radius 1 is 1.25 bits per heavy atom. The number of alkyl halides is 3. The van der Waals surface area contributed by atoms with Gasteiger partial charge in [0.2, 0.25) is 0 Å². The minimum atomic E-state index is -4.10. The summed E-state index contributed by atoms with van der Waals surface area (Å²) in [6.45, 7) is 2.26. The van der Waals surface area contributed by atoms with Crippen molar-refractivity contribution >= 4 is 0 Å². The zero-order chi connectivity index (χ0) is 11.9. The topological polar surface area (TPSA) is 35.2 Å². The van der Waals surface area contributed by atoms with Crippen molar-refractivity contribution in [1.82, 2.24) is 0 Å². The Balaban J connectivity index is 2.10. The summed E-state index contributed by atoms with van der Waals surface area (Å²) in [5, 5.41) is 0. The summed E-state index contributed by atoms with van der Waals surface area (Å²) in [7, 11) is 0. The average Bonchev–Trinajstić information content (AvgIpc) is 2.54. The van der Waals surface area contributed by atoms with Crippen molar-refractivity contribution in [2.24, 2.45) is 23.5 Å². The smallest absolute Gasteiger partial charge is 0.375 e. The highest BCUT2D eigenvalue weighted by atomic mass is 19.4. The molecule has 0 amide bonds. The second kappa shape index (κ2) is 4.18. The number of fused-ring (bicyclic) bond motifs is 1. The van der Waals surface area contributed by atoms with E-state index in [0.717, 1.165) is 6.42 Å². The summed E-state index contributed by atoms with van der Waals surface area (Å²) in [5.74, 6) is -1.03. The first-order valence-corrected chi connectivity index (χ1v) is 5.84. The molecular formula is C11H18F3NO. The lowest BCUT2D eigenvalue weighted by molar-refractivity contribution is -0.198. The molecule has 94 valence electrons. The van der Waals surface area contributed by atoms with Crippen molar-refractivity contribution in [1.29, 1.82) is 0 Å². The van der Waals surface area contributed by atoms with Crippen LogP contribution in [0.1, 0.15) is 26.2 Å². The Bertz CT molecular complexity index is 248. The van der Waals surface area contributed by atoms with Crippen molar-refractivity contribution in [2.75, 3.05) is 6.54 Å². The Hall–Kier alpha value is -0.290. The minimum Gasteiger partial charge on any atom is -0.375 e. The van der Waals surface area contributed by atoms with Gasteiger partial charge in [0, 0.05) is 0 Å². The van der Waals surface area contributed by atoms with Crippen LogP contribution in [0.2, 0.25) is 0 Å². The molecule has 0 unspecified atom stereocenters. The summed E-state index contributed by atoms with van der Waals surface area (Å²) >= 11 is 0. The first-order valence-electron chi connectivity index (χ1n) is 5.84. The fourth-order valence-corrected chi connectivity index (χ4v) is 3.17. The molecule has 1 saturated heterocycles. The summed E-state index contributed by atoms with van der Waals surface area (Å²) in [4.78, 5) is 0. The van der Waals surface area contributed by atoms with Crippen LogP contribution in [0.4, 0.5) is 13.2 Å². The molecule has 0 aromatic rings. The quantitative estimate of drug-likeness (QED) is 0.759. The SMILES string of the molecule is C[C@H]1C[C@H]2[C@@H](CN)C[C@H](C(F)(F)F)C[C@H]2O1. The highest BCUT2D eigenvalue weighted by molar-refractivity contribution is 4.94. The molecule has 0 bridgehead atoms. The molecule has 5 heteroatoms. The van der Waals surface area contributed by atoms with E-state index >= 15 is 0 Å². The molecule has 16 heavy (non-hydrogen) atoms. The van der Waals surface area contributed by atoms with Crippen LogP contribution in [-0.4, -0.2) is 24.9 Å². The molecule has 2 fully saturated rings. The average molecular weight is 237 g/mol. The van der Waals surface area contributed by atoms with Gasteiger partial charge < -0.3 is 10.5 Å². The summed E-state index contributed by atoms with van der Waals surface area (Å²) in [6, 6.07) is 0. The fraction of sp³-hybridized carbons (Fsp3) is 1.00. The minimum absolute atomic E-state index is 0.0321. The molecule has 2 aliphatic rings. The summed E-state index contributed by atoms with van der Waals surface area (Å²) in [6.07, 6.45) is -3.10. The molecule has 0 aromatic carbocycles. The molecular weight excluding hydrogens is 219 g/mol. The maximum absolute atomic E-state index is 12.7. The zero-order valence-corrected chi connectivity index (χ0v) is 9.33. The van der Waals surface area contributed by atoms with Gasteiger partial charge >= 0.3 is 6.18 Å². The van der Waals surface area contributed by atoms with E-state index in [9.17, 15) is 13.2 Å². The van der Waals surface area contributed by atoms with Crippen LogP contribution < -0.4 is 5.73 Å². The number of halogens is 3. The first kappa shape index (κ1) is 12.2. The van der Waals surface area contributed by atoms with Crippen LogP contribution in [0.5, 0.6) is 0 Å². The lowest BCUT2D eigenvalue weighted by atomic mass is 9.71. The second-order valence-corrected chi connectivity index (χ2v) is 5.09. The molecule has 2 N–H and O–H groups in total. The monoisotopic (exact) mass is 237 g/mol. The molecule has 2 nitrogen and oxygen atoms in total. The lowest BCUT2D eigenvalue weighted by Crippen LogP contribution is -2.42. The van der Waals surface area contributed by atoms with E-state index in [1.54, 1.807) is 0 Å². The molecule has 5 atom stereocenters. The second-order valence-electron chi connectivity index (χ2n) is 5.09. The van der Waals surface area contributed by atoms with Crippen LogP contribution in [0.25, 0.3) is 0 Å². The van der Waals surface area contributed by atoms with Gasteiger partial charge in [-0.3, -0.25) is 0 Å². The third-order valence-electron chi connectivity index (χ3n) is 3.96. The maximum atomic E-state index is 12.7. The van der Waals surface area contributed by atoms with Crippen LogP contribution in [0.15, 0.2) is 0 Å². The summed E-state index contributed by atoms with van der Waals surface area (Å²) < 4.78 is 43.7. The Labute approximate surface area is 93.3 Å². The number of hydrogen-bond donors (Lipinski definition) is 1. The predicted molar refractivity (Wildman–Crippen MR) is 53.8 cm³/mol. The zero-order valence-electron chi connectivity index (χ0n) is 9.33. The van der Waals surface area contributed by atoms with Gasteiger partial charge in [-0.2, -0.15) is 13.2 Å². The predicted octanol–water partition coefficient (Wildman–Crippen LogP) is 2.33. The number of hydrogen-bond acceptors (Lipinski definition) is 2. The highest BCUT2D eigenvalue weighted by Crippen LogP contribution is 2.47. The molecule has 1 aliphatic heterocycles. The standard InChI is InChI=1S/C11H18F3NO/c1-6-2-9-7(5-15)3-8(11(12,13)14)4-10(9)16-6/h6-10H,2-5,15H2,1H3/t6-,7+,8-,9-,10+/m0/s1. The van der Waals surface area contributed by atoms with Gasteiger partial charge in [-0.15, -0.1) is 0 Å². The first-order chi connectivity index (χ1) is 7.41. The van der Waals surface area contributed by atoms with Crippen molar-refractivity contribution < 1.29 is 17.9 Å². The molecule has 0 aromatic heterocycles. The molecule has 1 aliphatic carbocycles. The van der Waals surface area contributed by atoms with Crippen LogP contribution >= 0.6 is 0 Å². The fourth-order valence-electron chi connectivity index (χ4n) is 3.17. The largest absolute Gasteiger partial charge is 0.391 e. The summed E-state index contributed by atoms with van der Waals surface area (Å²) in [5.41, 5.74) is 5.59. The van der Waals surface area contributed by atoms with Gasteiger partial charge in [0.15, 0.2) is 0 Å². The van der Waals surface area contributed by atoms with Gasteiger partial charge in [0.1, 0.15) is 0 Å². The normalized spacial score (nSPS) is 44.4. The van der Waals surface area contributed by atoms with Gasteiger partial charge in [0.25, 0.3) is 0 Å². The number of ether oxygens (including phenoxy) is 1. The number of nitrogens with two attached hydrogens (primary N) is 1. The van der Waals surface area contributed by atoms with Crippen molar-refractivity contribution in [3.63, 3.8) is 0 Å². The van der Waals surface area contributed by atoms with Crippen molar-refractivity contribution in [3.05, 3.63) is 0 Å². The Kier molecular flexibility index (Phi) is 3.18. The molecule has 0 spiro atoms. The van der Waals surface area contributed by atoms with E-state index in [1.807, 2.05) is 6.92 Å². The van der Waals surface area contributed by atoms with E-state index in [-0.39, 0.29) is 36.9 Å². The highest BCUT2D eigenvalue weighted by Gasteiger charge is 2.51. The van der Waals surface area contributed by atoms with Gasteiger partial charge in [-0.05, 0) is 44.6 Å². The van der Waals surface area contributed by atoms with Crippen LogP contribution in [0.3, 0.4) is 0 Å². The molecule has 0 radical (unpaired) electrons. The Morgan fingerprint density at radius 2 is 1.94 bits per heavy atom. The molecule has 2 rings (SSSR count). The van der Waals surface area contributed by atoms with Crippen molar-refractivity contribution in [2.45, 2.75) is 44.6 Å². The van der Waals surface area contributed by atoms with Crippen LogP contribution in [-0.2, 0) is 4.74 Å². The van der Waals surface area contributed by atoms with E-state index in [0.29, 0.717) is 6.54 Å². The van der Waals surface area contributed by atoms with E-state index in [1.165, 1.54) is 0 Å². The van der Waals surface area contributed by atoms with E-state index < -0.39 is 12.1 Å². The van der Waals surface area contributed by atoms with Crippen LogP contribution in [0, 0.1) is 17.8 Å². The third kappa shape index (κ3) is 2.20. The van der Waals surface area contributed by atoms with Gasteiger partial charge in [0.05, 0.1) is 18.1 Å². The Morgan fingerprint density at radius 3 is 2.50 bits per heavy atom. The third-order valence-corrected chi connectivity index (χ3v) is 3.96. The van der Waals surface area contributed by atoms with E-state index in [4.69, 9.17) is 10.5 Å². The van der Waals surface area contributed by atoms with Crippen molar-refractivity contribution in [3.8, 4) is 0 Å². The van der Waals surface area contributed by atoms with Gasteiger partial charge in [-0.25, -0.2) is 0 Å². The molecule has 1 saturated carbocycles. The lowest BCUT2D eigenvalue weighted by Gasteiger charge is -2.37. The van der Waals surface area contributed by atoms with E-state index in [2.05, 4.69) is 0 Å².